The lowest BCUT2D eigenvalue weighted by Crippen LogP contribution is -2.47. The maximum absolute atomic E-state index is 13.6. The van der Waals surface area contributed by atoms with Crippen LogP contribution in [-0.4, -0.2) is 55.0 Å². The Morgan fingerprint density at radius 1 is 1.12 bits per heavy atom. The number of hydrogen-bond donors (Lipinski definition) is 0. The molecule has 2 heterocycles. The lowest BCUT2D eigenvalue weighted by molar-refractivity contribution is -0.134. The van der Waals surface area contributed by atoms with Crippen molar-refractivity contribution in [1.29, 1.82) is 0 Å². The van der Waals surface area contributed by atoms with Gasteiger partial charge in [0.25, 0.3) is 5.91 Å². The first-order valence-corrected chi connectivity index (χ1v) is 12.2. The molecular weight excluding hydrogens is 488 g/mol. The van der Waals surface area contributed by atoms with Crippen molar-refractivity contribution in [1.82, 2.24) is 9.80 Å². The van der Waals surface area contributed by atoms with Crippen molar-refractivity contribution in [2.45, 2.75) is 12.5 Å². The molecule has 0 spiro atoms. The van der Waals surface area contributed by atoms with Crippen LogP contribution in [0.1, 0.15) is 32.4 Å². The SMILES string of the molecule is COCCN(CC(=O)N1CCc2sccc2C1c1ccccc1)C(=O)c1ccc(Br)cc1. The number of carbonyl (C=O) groups is 2. The summed E-state index contributed by atoms with van der Waals surface area (Å²) in [5.74, 6) is -0.232. The van der Waals surface area contributed by atoms with E-state index in [1.165, 1.54) is 10.4 Å². The van der Waals surface area contributed by atoms with Crippen molar-refractivity contribution >= 4 is 39.1 Å². The Labute approximate surface area is 200 Å². The molecule has 1 atom stereocenters. The molecule has 0 N–H and O–H groups in total. The second-order valence-corrected chi connectivity index (χ2v) is 9.59. The van der Waals surface area contributed by atoms with Crippen LogP contribution in [0, 0.1) is 0 Å². The summed E-state index contributed by atoms with van der Waals surface area (Å²) in [6.45, 7) is 1.37. The highest BCUT2D eigenvalue weighted by Crippen LogP contribution is 2.37. The van der Waals surface area contributed by atoms with Gasteiger partial charge in [0.2, 0.25) is 5.91 Å². The van der Waals surface area contributed by atoms with Crippen LogP contribution in [0.25, 0.3) is 0 Å². The van der Waals surface area contributed by atoms with Crippen molar-refractivity contribution in [3.05, 3.63) is 92.1 Å². The Morgan fingerprint density at radius 2 is 1.88 bits per heavy atom. The van der Waals surface area contributed by atoms with Gasteiger partial charge in [-0.15, -0.1) is 11.3 Å². The highest BCUT2D eigenvalue weighted by molar-refractivity contribution is 9.10. The Morgan fingerprint density at radius 3 is 2.59 bits per heavy atom. The number of carbonyl (C=O) groups excluding carboxylic acids is 2. The van der Waals surface area contributed by atoms with Gasteiger partial charge in [0.05, 0.1) is 12.6 Å². The number of nitrogens with zero attached hydrogens (tertiary/aromatic N) is 2. The fourth-order valence-corrected chi connectivity index (χ4v) is 5.23. The van der Waals surface area contributed by atoms with Crippen molar-refractivity contribution in [3.63, 3.8) is 0 Å². The second kappa shape index (κ2) is 10.4. The predicted octanol–water partition coefficient (Wildman–Crippen LogP) is 4.77. The summed E-state index contributed by atoms with van der Waals surface area (Å²) in [6, 6.07) is 19.3. The van der Waals surface area contributed by atoms with Gasteiger partial charge >= 0.3 is 0 Å². The fourth-order valence-electron chi connectivity index (χ4n) is 4.06. The van der Waals surface area contributed by atoms with Crippen LogP contribution in [-0.2, 0) is 16.0 Å². The third-order valence-electron chi connectivity index (χ3n) is 5.67. The van der Waals surface area contributed by atoms with Gasteiger partial charge < -0.3 is 14.5 Å². The zero-order valence-corrected chi connectivity index (χ0v) is 20.3. The van der Waals surface area contributed by atoms with E-state index in [1.807, 2.05) is 35.2 Å². The number of fused-ring (bicyclic) bond motifs is 1. The van der Waals surface area contributed by atoms with Gasteiger partial charge in [-0.2, -0.15) is 0 Å². The first-order chi connectivity index (χ1) is 15.6. The molecule has 0 saturated heterocycles. The van der Waals surface area contributed by atoms with E-state index in [0.29, 0.717) is 25.3 Å². The Kier molecular flexibility index (Phi) is 7.40. The quantitative estimate of drug-likeness (QED) is 0.457. The molecule has 0 fully saturated rings. The van der Waals surface area contributed by atoms with Gasteiger partial charge in [0.15, 0.2) is 0 Å². The van der Waals surface area contributed by atoms with Gasteiger partial charge in [0, 0.05) is 35.1 Å². The first kappa shape index (κ1) is 22.7. The minimum Gasteiger partial charge on any atom is -0.383 e. The third-order valence-corrected chi connectivity index (χ3v) is 7.20. The minimum atomic E-state index is -0.174. The van der Waals surface area contributed by atoms with Crippen LogP contribution in [0.15, 0.2) is 70.5 Å². The van der Waals surface area contributed by atoms with E-state index in [-0.39, 0.29) is 24.4 Å². The predicted molar refractivity (Wildman–Crippen MR) is 130 cm³/mol. The van der Waals surface area contributed by atoms with Gasteiger partial charge in [-0.25, -0.2) is 0 Å². The first-order valence-electron chi connectivity index (χ1n) is 10.5. The lowest BCUT2D eigenvalue weighted by Gasteiger charge is -2.37. The Balaban J connectivity index is 1.59. The maximum atomic E-state index is 13.6. The van der Waals surface area contributed by atoms with Crippen LogP contribution in [0.3, 0.4) is 0 Å². The normalized spacial score (nSPS) is 15.3. The molecule has 2 aromatic carbocycles. The van der Waals surface area contributed by atoms with Crippen LogP contribution in [0.5, 0.6) is 0 Å². The largest absolute Gasteiger partial charge is 0.383 e. The van der Waals surface area contributed by atoms with Gasteiger partial charge in [-0.3, -0.25) is 9.59 Å². The number of benzene rings is 2. The Hall–Kier alpha value is -2.48. The monoisotopic (exact) mass is 512 g/mol. The topological polar surface area (TPSA) is 49.9 Å². The van der Waals surface area contributed by atoms with Crippen LogP contribution in [0.2, 0.25) is 0 Å². The summed E-state index contributed by atoms with van der Waals surface area (Å²) in [6.07, 6.45) is 0.834. The minimum absolute atomic E-state index is 0.0149. The lowest BCUT2D eigenvalue weighted by atomic mass is 9.93. The number of hydrogen-bond acceptors (Lipinski definition) is 4. The smallest absolute Gasteiger partial charge is 0.254 e. The van der Waals surface area contributed by atoms with E-state index in [4.69, 9.17) is 4.74 Å². The second-order valence-electron chi connectivity index (χ2n) is 7.68. The summed E-state index contributed by atoms with van der Waals surface area (Å²) < 4.78 is 6.11. The van der Waals surface area contributed by atoms with E-state index in [0.717, 1.165) is 16.5 Å². The zero-order valence-electron chi connectivity index (χ0n) is 17.9. The van der Waals surface area contributed by atoms with Gasteiger partial charge in [0.1, 0.15) is 6.54 Å². The molecule has 2 amide bonds. The molecule has 0 aliphatic carbocycles. The van der Waals surface area contributed by atoms with E-state index in [9.17, 15) is 9.59 Å². The molecule has 5 nitrogen and oxygen atoms in total. The summed E-state index contributed by atoms with van der Waals surface area (Å²) in [4.78, 5) is 31.6. The number of rotatable bonds is 7. The summed E-state index contributed by atoms with van der Waals surface area (Å²) >= 11 is 5.14. The molecule has 1 unspecified atom stereocenters. The van der Waals surface area contributed by atoms with Gasteiger partial charge in [-0.1, -0.05) is 46.3 Å². The van der Waals surface area contributed by atoms with E-state index < -0.39 is 0 Å². The van der Waals surface area contributed by atoms with Gasteiger partial charge in [-0.05, 0) is 53.3 Å². The maximum Gasteiger partial charge on any atom is 0.254 e. The standard InChI is InChI=1S/C25H25BrN2O3S/c1-31-15-14-27(25(30)19-7-9-20(26)10-8-19)17-23(29)28-13-11-22-21(12-16-32-22)24(28)18-5-3-2-4-6-18/h2-10,12,16,24H,11,13-15,17H2,1H3. The molecule has 166 valence electrons. The van der Waals surface area contributed by atoms with Crippen molar-refractivity contribution in [2.24, 2.45) is 0 Å². The Bertz CT molecular complexity index is 1070. The summed E-state index contributed by atoms with van der Waals surface area (Å²) in [5, 5.41) is 2.09. The molecule has 0 radical (unpaired) electrons. The highest BCUT2D eigenvalue weighted by Gasteiger charge is 2.34. The number of methoxy groups -OCH3 is 1. The van der Waals surface area contributed by atoms with Crippen LogP contribution >= 0.6 is 27.3 Å². The van der Waals surface area contributed by atoms with Crippen LogP contribution in [0.4, 0.5) is 0 Å². The summed E-state index contributed by atoms with van der Waals surface area (Å²) in [5.41, 5.74) is 2.82. The zero-order chi connectivity index (χ0) is 22.5. The van der Waals surface area contributed by atoms with E-state index in [2.05, 4.69) is 39.5 Å². The molecule has 32 heavy (non-hydrogen) atoms. The molecule has 7 heteroatoms. The van der Waals surface area contributed by atoms with Crippen molar-refractivity contribution in [2.75, 3.05) is 33.4 Å². The number of amides is 2. The average molecular weight is 513 g/mol. The molecule has 0 saturated carbocycles. The molecule has 1 aliphatic rings. The fraction of sp³-hybridized carbons (Fsp3) is 0.280. The van der Waals surface area contributed by atoms with Crippen LogP contribution < -0.4 is 0 Å². The van der Waals surface area contributed by atoms with Crippen molar-refractivity contribution < 1.29 is 14.3 Å². The molecule has 0 bridgehead atoms. The molecule has 3 aromatic rings. The number of ether oxygens (including phenoxy) is 1. The van der Waals surface area contributed by atoms with E-state index in [1.54, 1.807) is 35.5 Å². The molecular formula is C25H25BrN2O3S. The molecule has 1 aromatic heterocycles. The summed E-state index contributed by atoms with van der Waals surface area (Å²) in [7, 11) is 1.60. The highest BCUT2D eigenvalue weighted by atomic mass is 79.9. The number of thiophene rings is 1. The van der Waals surface area contributed by atoms with Crippen molar-refractivity contribution in [3.8, 4) is 0 Å². The third kappa shape index (κ3) is 4.95. The molecule has 4 rings (SSSR count). The average Bonchev–Trinajstić information content (AvgIpc) is 3.30. The number of halogens is 1. The van der Waals surface area contributed by atoms with E-state index >= 15 is 0 Å². The molecule has 1 aliphatic heterocycles.